The molecule has 1 aliphatic rings. The van der Waals surface area contributed by atoms with Crippen LogP contribution in [0.15, 0.2) is 70.5 Å². The predicted molar refractivity (Wildman–Crippen MR) is 93.2 cm³/mol. The Morgan fingerprint density at radius 2 is 1.64 bits per heavy atom. The van der Waals surface area contributed by atoms with Gasteiger partial charge >= 0.3 is 0 Å². The number of hydrogen-bond donors (Lipinski definition) is 1. The number of nitrogens with two attached hydrogens (primary N) is 1. The molecule has 0 saturated carbocycles. The van der Waals surface area contributed by atoms with Crippen molar-refractivity contribution in [2.45, 2.75) is 9.79 Å². The molecule has 0 atom stereocenters. The predicted octanol–water partition coefficient (Wildman–Crippen LogP) is 5.10. The first-order valence-electron chi connectivity index (χ1n) is 7.21. The lowest BCUT2D eigenvalue weighted by molar-refractivity contribution is 1.38. The van der Waals surface area contributed by atoms with Gasteiger partial charge in [0.15, 0.2) is 0 Å². The van der Waals surface area contributed by atoms with Crippen molar-refractivity contribution >= 4 is 39.3 Å². The van der Waals surface area contributed by atoms with Crippen LogP contribution in [0.25, 0.3) is 32.9 Å². The van der Waals surface area contributed by atoms with E-state index in [-0.39, 0.29) is 0 Å². The monoisotopic (exact) mass is 300 g/mol. The van der Waals surface area contributed by atoms with Crippen LogP contribution in [0.1, 0.15) is 0 Å². The van der Waals surface area contributed by atoms with E-state index in [2.05, 4.69) is 42.5 Å². The number of aromatic nitrogens is 1. The van der Waals surface area contributed by atoms with Crippen molar-refractivity contribution in [1.29, 1.82) is 0 Å². The van der Waals surface area contributed by atoms with Gasteiger partial charge in [-0.2, -0.15) is 0 Å². The molecular formula is C19H12N2S. The van der Waals surface area contributed by atoms with E-state index in [0.717, 1.165) is 22.3 Å². The van der Waals surface area contributed by atoms with Crippen LogP contribution in [0.2, 0.25) is 0 Å². The number of para-hydroxylation sites is 1. The van der Waals surface area contributed by atoms with Crippen molar-refractivity contribution in [2.24, 2.45) is 0 Å². The number of nitrogen functional groups attached to an aromatic ring is 1. The van der Waals surface area contributed by atoms with Crippen LogP contribution in [0, 0.1) is 0 Å². The van der Waals surface area contributed by atoms with Crippen LogP contribution in [-0.2, 0) is 0 Å². The molecule has 2 N–H and O–H groups in total. The van der Waals surface area contributed by atoms with E-state index in [1.165, 1.54) is 26.1 Å². The quantitative estimate of drug-likeness (QED) is 0.319. The molecule has 104 valence electrons. The highest BCUT2D eigenvalue weighted by molar-refractivity contribution is 8.00. The number of hydrogen-bond acceptors (Lipinski definition) is 3. The molecule has 0 aliphatic carbocycles. The van der Waals surface area contributed by atoms with Gasteiger partial charge in [-0.3, -0.25) is 0 Å². The van der Waals surface area contributed by atoms with Gasteiger partial charge in [0.05, 0.1) is 11.0 Å². The minimum Gasteiger partial charge on any atom is -0.398 e. The second kappa shape index (κ2) is 4.24. The lowest BCUT2D eigenvalue weighted by Crippen LogP contribution is -1.99. The molecule has 0 saturated heterocycles. The Kier molecular flexibility index (Phi) is 2.33. The van der Waals surface area contributed by atoms with Crippen molar-refractivity contribution < 1.29 is 0 Å². The van der Waals surface area contributed by atoms with E-state index in [1.54, 1.807) is 11.8 Å². The van der Waals surface area contributed by atoms with Crippen LogP contribution in [0.3, 0.4) is 0 Å². The van der Waals surface area contributed by atoms with Crippen molar-refractivity contribution in [3.8, 4) is 11.1 Å². The van der Waals surface area contributed by atoms with Crippen molar-refractivity contribution in [3.63, 3.8) is 0 Å². The Morgan fingerprint density at radius 1 is 0.818 bits per heavy atom. The molecule has 2 nitrogen and oxygen atoms in total. The van der Waals surface area contributed by atoms with Gasteiger partial charge in [0.1, 0.15) is 0 Å². The van der Waals surface area contributed by atoms with Crippen molar-refractivity contribution in [1.82, 2.24) is 4.98 Å². The highest BCUT2D eigenvalue weighted by atomic mass is 32.2. The average molecular weight is 300 g/mol. The summed E-state index contributed by atoms with van der Waals surface area (Å²) in [5.74, 6) is 0. The van der Waals surface area contributed by atoms with E-state index >= 15 is 0 Å². The fourth-order valence-electron chi connectivity index (χ4n) is 3.25. The summed E-state index contributed by atoms with van der Waals surface area (Å²) in [6.45, 7) is 0. The van der Waals surface area contributed by atoms with Gasteiger partial charge in [-0.15, -0.1) is 0 Å². The molecule has 0 unspecified atom stereocenters. The first-order chi connectivity index (χ1) is 10.8. The van der Waals surface area contributed by atoms with E-state index in [9.17, 15) is 0 Å². The lowest BCUT2D eigenvalue weighted by Gasteiger charge is -2.22. The molecular weight excluding hydrogens is 288 g/mol. The topological polar surface area (TPSA) is 38.9 Å². The number of benzene rings is 3. The van der Waals surface area contributed by atoms with E-state index < -0.39 is 0 Å². The van der Waals surface area contributed by atoms with Crippen LogP contribution in [0.5, 0.6) is 0 Å². The summed E-state index contributed by atoms with van der Waals surface area (Å²) in [6, 6.07) is 20.8. The Balaban J connectivity index is 2.05. The number of nitrogens with zero attached hydrogens (tertiary/aromatic N) is 1. The normalized spacial score (nSPS) is 12.5. The summed E-state index contributed by atoms with van der Waals surface area (Å²) < 4.78 is 0. The molecule has 1 aliphatic heterocycles. The third-order valence-corrected chi connectivity index (χ3v) is 5.39. The third kappa shape index (κ3) is 1.49. The molecule has 3 heteroatoms. The Morgan fingerprint density at radius 3 is 2.59 bits per heavy atom. The molecule has 0 fully saturated rings. The molecule has 4 aromatic rings. The highest BCUT2D eigenvalue weighted by Crippen LogP contribution is 2.51. The average Bonchev–Trinajstić information content (AvgIpc) is 2.55. The second-order valence-corrected chi connectivity index (χ2v) is 6.53. The maximum Gasteiger partial charge on any atom is 0.0727 e. The SMILES string of the molecule is Nc1cccc2c1-c1cccc3nc4ccccc4c(c13)S2. The molecule has 0 spiro atoms. The minimum absolute atomic E-state index is 0.830. The molecule has 3 aromatic carbocycles. The summed E-state index contributed by atoms with van der Waals surface area (Å²) in [5, 5.41) is 2.43. The van der Waals surface area contributed by atoms with Crippen molar-refractivity contribution in [3.05, 3.63) is 60.7 Å². The zero-order valence-electron chi connectivity index (χ0n) is 11.7. The number of rotatable bonds is 0. The first-order valence-corrected chi connectivity index (χ1v) is 8.03. The largest absolute Gasteiger partial charge is 0.398 e. The Labute approximate surface area is 132 Å². The molecule has 22 heavy (non-hydrogen) atoms. The van der Waals surface area contributed by atoms with E-state index in [0.29, 0.717) is 0 Å². The molecule has 1 aromatic heterocycles. The summed E-state index contributed by atoms with van der Waals surface area (Å²) in [6.07, 6.45) is 0. The van der Waals surface area contributed by atoms with Crippen LogP contribution >= 0.6 is 11.8 Å². The zero-order chi connectivity index (χ0) is 14.7. The van der Waals surface area contributed by atoms with Gasteiger partial charge in [0, 0.05) is 31.8 Å². The highest BCUT2D eigenvalue weighted by Gasteiger charge is 2.23. The molecule has 5 rings (SSSR count). The van der Waals surface area contributed by atoms with Gasteiger partial charge in [-0.05, 0) is 29.8 Å². The minimum atomic E-state index is 0.830. The van der Waals surface area contributed by atoms with Gasteiger partial charge in [0.2, 0.25) is 0 Å². The molecule has 0 bridgehead atoms. The Hall–Kier alpha value is -2.52. The van der Waals surface area contributed by atoms with Gasteiger partial charge < -0.3 is 5.73 Å². The van der Waals surface area contributed by atoms with E-state index in [1.807, 2.05) is 18.2 Å². The first kappa shape index (κ1) is 12.1. The van der Waals surface area contributed by atoms with Crippen LogP contribution in [0.4, 0.5) is 5.69 Å². The fourth-order valence-corrected chi connectivity index (χ4v) is 4.54. The number of fused-ring (bicyclic) bond motifs is 4. The standard InChI is InChI=1S/C19H12N2S/c20-13-7-4-10-16-17(13)12-6-3-9-15-18(12)19(22-16)11-5-1-2-8-14(11)21-15/h1-10H,20H2. The summed E-state index contributed by atoms with van der Waals surface area (Å²) >= 11 is 1.80. The summed E-state index contributed by atoms with van der Waals surface area (Å²) in [5.41, 5.74) is 11.5. The molecule has 0 amide bonds. The Bertz CT molecular complexity index is 1070. The zero-order valence-corrected chi connectivity index (χ0v) is 12.5. The van der Waals surface area contributed by atoms with Crippen LogP contribution in [-0.4, -0.2) is 4.98 Å². The van der Waals surface area contributed by atoms with Gasteiger partial charge in [-0.25, -0.2) is 4.98 Å². The smallest absolute Gasteiger partial charge is 0.0727 e. The van der Waals surface area contributed by atoms with Crippen LogP contribution < -0.4 is 5.73 Å². The second-order valence-electron chi connectivity index (χ2n) is 5.48. The third-order valence-electron chi connectivity index (χ3n) is 4.20. The van der Waals surface area contributed by atoms with E-state index in [4.69, 9.17) is 10.7 Å². The maximum absolute atomic E-state index is 6.25. The molecule has 0 radical (unpaired) electrons. The molecule has 2 heterocycles. The summed E-state index contributed by atoms with van der Waals surface area (Å²) in [4.78, 5) is 7.33. The number of pyridine rings is 1. The van der Waals surface area contributed by atoms with Crippen molar-refractivity contribution in [2.75, 3.05) is 5.73 Å². The van der Waals surface area contributed by atoms with Gasteiger partial charge in [-0.1, -0.05) is 48.2 Å². The van der Waals surface area contributed by atoms with Gasteiger partial charge in [0.25, 0.3) is 0 Å². The number of anilines is 1. The summed E-state index contributed by atoms with van der Waals surface area (Å²) in [7, 11) is 0. The maximum atomic E-state index is 6.25. The fraction of sp³-hybridized carbons (Fsp3) is 0. The lowest BCUT2D eigenvalue weighted by atomic mass is 9.97.